The molecule has 6 heteroatoms. The molecule has 0 aromatic heterocycles. The van der Waals surface area contributed by atoms with E-state index in [-0.39, 0.29) is 6.42 Å². The Labute approximate surface area is 175 Å². The van der Waals surface area contributed by atoms with E-state index in [4.69, 9.17) is 10.2 Å². The predicted octanol–water partition coefficient (Wildman–Crippen LogP) is 2.58. The fourth-order valence-electron chi connectivity index (χ4n) is 2.98. The van der Waals surface area contributed by atoms with Gasteiger partial charge in [0.1, 0.15) is 12.2 Å². The number of Topliss-reactive ketones (excluding diaryl/α,β-unsaturated/α-hetero) is 1. The molecule has 0 spiro atoms. The molecule has 5 N–H and O–H groups in total. The Morgan fingerprint density at radius 1 is 0.793 bits per heavy atom. The molecule has 0 aliphatic heterocycles. The molecule has 0 heterocycles. The van der Waals surface area contributed by atoms with Crippen LogP contribution in [0.2, 0.25) is 0 Å². The van der Waals surface area contributed by atoms with Crippen molar-refractivity contribution in [2.75, 3.05) is 13.2 Å². The van der Waals surface area contributed by atoms with Gasteiger partial charge < -0.3 is 25.5 Å². The van der Waals surface area contributed by atoms with Gasteiger partial charge in [-0.05, 0) is 38.5 Å². The maximum absolute atomic E-state index is 12.2. The van der Waals surface area contributed by atoms with E-state index in [1.54, 1.807) is 0 Å². The molecule has 0 amide bonds. The standard InChI is InChI=1S/C23H40O6/c1-2-3-4-5-6-7-8-9-10-11-12-13-14-15-16-17-20(26)23(29,21(27)18-24)22(28)19-25/h3-4,6-7,9-10,21-22,24-25,27-29H,2,5,8,11-19H2,1H3/b4-3-,7-6-,10-9-/t21-,22+,23?. The molecule has 0 radical (unpaired) electrons. The van der Waals surface area contributed by atoms with Crippen molar-refractivity contribution in [3.05, 3.63) is 36.5 Å². The van der Waals surface area contributed by atoms with E-state index in [0.717, 1.165) is 51.4 Å². The van der Waals surface area contributed by atoms with Crippen LogP contribution in [0.1, 0.15) is 71.1 Å². The minimum Gasteiger partial charge on any atom is -0.394 e. The number of carbonyl (C=O) groups excluding carboxylic acids is 1. The third kappa shape index (κ3) is 11.5. The normalized spacial score (nSPS) is 16.6. The lowest BCUT2D eigenvalue weighted by Gasteiger charge is -2.34. The van der Waals surface area contributed by atoms with E-state index in [1.165, 1.54) is 0 Å². The summed E-state index contributed by atoms with van der Waals surface area (Å²) in [6.45, 7) is 0.369. The van der Waals surface area contributed by atoms with Crippen molar-refractivity contribution in [3.8, 4) is 0 Å². The van der Waals surface area contributed by atoms with Crippen molar-refractivity contribution in [1.29, 1.82) is 0 Å². The highest BCUT2D eigenvalue weighted by Crippen LogP contribution is 2.21. The zero-order chi connectivity index (χ0) is 22.0. The van der Waals surface area contributed by atoms with Crippen molar-refractivity contribution >= 4 is 5.78 Å². The number of ketones is 1. The number of aliphatic hydroxyl groups is 5. The zero-order valence-electron chi connectivity index (χ0n) is 17.7. The maximum atomic E-state index is 12.2. The summed E-state index contributed by atoms with van der Waals surface area (Å²) < 4.78 is 0. The number of carbonyl (C=O) groups is 1. The number of hydrogen-bond donors (Lipinski definition) is 5. The third-order valence-electron chi connectivity index (χ3n) is 4.86. The van der Waals surface area contributed by atoms with Gasteiger partial charge in [0.25, 0.3) is 0 Å². The van der Waals surface area contributed by atoms with E-state index in [1.807, 2.05) is 0 Å². The van der Waals surface area contributed by atoms with Crippen LogP contribution in [-0.4, -0.2) is 62.3 Å². The van der Waals surface area contributed by atoms with Crippen molar-refractivity contribution in [2.45, 2.75) is 88.9 Å². The van der Waals surface area contributed by atoms with E-state index in [0.29, 0.717) is 6.42 Å². The minimum absolute atomic E-state index is 0.0235. The van der Waals surface area contributed by atoms with E-state index in [9.17, 15) is 20.1 Å². The van der Waals surface area contributed by atoms with Crippen molar-refractivity contribution in [3.63, 3.8) is 0 Å². The van der Waals surface area contributed by atoms with Gasteiger partial charge in [0.2, 0.25) is 0 Å². The number of unbranched alkanes of at least 4 members (excludes halogenated alkanes) is 5. The molecule has 0 aliphatic rings. The molecule has 3 atom stereocenters. The average Bonchev–Trinajstić information content (AvgIpc) is 2.74. The highest BCUT2D eigenvalue weighted by molar-refractivity contribution is 5.88. The number of hydrogen-bond acceptors (Lipinski definition) is 6. The number of allylic oxidation sites excluding steroid dienone is 6. The van der Waals surface area contributed by atoms with E-state index >= 15 is 0 Å². The lowest BCUT2D eigenvalue weighted by Crippen LogP contribution is -2.60. The Morgan fingerprint density at radius 3 is 1.83 bits per heavy atom. The van der Waals surface area contributed by atoms with Gasteiger partial charge in [-0.2, -0.15) is 0 Å². The van der Waals surface area contributed by atoms with Crippen LogP contribution in [0.4, 0.5) is 0 Å². The molecule has 168 valence electrons. The van der Waals surface area contributed by atoms with Crippen LogP contribution in [0.25, 0.3) is 0 Å². The van der Waals surface area contributed by atoms with Gasteiger partial charge in [-0.3, -0.25) is 4.79 Å². The van der Waals surface area contributed by atoms with Crippen molar-refractivity contribution in [2.24, 2.45) is 0 Å². The topological polar surface area (TPSA) is 118 Å². The van der Waals surface area contributed by atoms with Crippen LogP contribution < -0.4 is 0 Å². The van der Waals surface area contributed by atoms with Crippen LogP contribution in [-0.2, 0) is 4.79 Å². The summed E-state index contributed by atoms with van der Waals surface area (Å²) in [5, 5.41) is 47.6. The summed E-state index contributed by atoms with van der Waals surface area (Å²) >= 11 is 0. The van der Waals surface area contributed by atoms with Crippen molar-refractivity contribution < 1.29 is 30.3 Å². The van der Waals surface area contributed by atoms with Gasteiger partial charge in [0.15, 0.2) is 11.4 Å². The van der Waals surface area contributed by atoms with Gasteiger partial charge in [-0.25, -0.2) is 0 Å². The van der Waals surface area contributed by atoms with E-state index < -0.39 is 36.8 Å². The van der Waals surface area contributed by atoms with Gasteiger partial charge in [-0.1, -0.05) is 62.6 Å². The highest BCUT2D eigenvalue weighted by Gasteiger charge is 2.48. The van der Waals surface area contributed by atoms with Crippen LogP contribution in [0.3, 0.4) is 0 Å². The summed E-state index contributed by atoms with van der Waals surface area (Å²) in [5.74, 6) is -0.762. The van der Waals surface area contributed by atoms with Gasteiger partial charge >= 0.3 is 0 Å². The number of aliphatic hydroxyl groups excluding tert-OH is 4. The van der Waals surface area contributed by atoms with Gasteiger partial charge in [-0.15, -0.1) is 0 Å². The Kier molecular flexibility index (Phi) is 16.7. The molecule has 1 unspecified atom stereocenters. The molecule has 0 fully saturated rings. The van der Waals surface area contributed by atoms with Gasteiger partial charge in [0.05, 0.1) is 13.2 Å². The molecule has 0 saturated carbocycles. The lowest BCUT2D eigenvalue weighted by atomic mass is 9.84. The summed E-state index contributed by atoms with van der Waals surface area (Å²) in [4.78, 5) is 12.2. The third-order valence-corrected chi connectivity index (χ3v) is 4.86. The summed E-state index contributed by atoms with van der Waals surface area (Å²) in [7, 11) is 0. The molecule has 0 rings (SSSR count). The van der Waals surface area contributed by atoms with Crippen LogP contribution in [0.5, 0.6) is 0 Å². The second-order valence-corrected chi connectivity index (χ2v) is 7.25. The first-order chi connectivity index (χ1) is 13.9. The molecule has 0 aromatic rings. The number of rotatable bonds is 18. The second-order valence-electron chi connectivity index (χ2n) is 7.25. The molecule has 0 aromatic carbocycles. The molecule has 0 saturated heterocycles. The zero-order valence-corrected chi connectivity index (χ0v) is 17.7. The van der Waals surface area contributed by atoms with Gasteiger partial charge in [0, 0.05) is 6.42 Å². The molecule has 0 aliphatic carbocycles. The predicted molar refractivity (Wildman–Crippen MR) is 115 cm³/mol. The molecule has 6 nitrogen and oxygen atoms in total. The fourth-order valence-corrected chi connectivity index (χ4v) is 2.98. The Hall–Kier alpha value is -1.31. The Morgan fingerprint density at radius 2 is 1.28 bits per heavy atom. The summed E-state index contributed by atoms with van der Waals surface area (Å²) in [6, 6.07) is 0. The monoisotopic (exact) mass is 412 g/mol. The maximum Gasteiger partial charge on any atom is 0.179 e. The molecular formula is C23H40O6. The Balaban J connectivity index is 3.89. The first kappa shape index (κ1) is 27.7. The molecule has 0 bridgehead atoms. The second kappa shape index (κ2) is 17.5. The van der Waals surface area contributed by atoms with Crippen LogP contribution >= 0.6 is 0 Å². The first-order valence-corrected chi connectivity index (χ1v) is 10.7. The average molecular weight is 413 g/mol. The minimum atomic E-state index is -2.53. The smallest absolute Gasteiger partial charge is 0.179 e. The van der Waals surface area contributed by atoms with Crippen LogP contribution in [0.15, 0.2) is 36.5 Å². The van der Waals surface area contributed by atoms with E-state index in [2.05, 4.69) is 43.4 Å². The van der Waals surface area contributed by atoms with Crippen LogP contribution in [0, 0.1) is 0 Å². The highest BCUT2D eigenvalue weighted by atomic mass is 16.4. The quantitative estimate of drug-likeness (QED) is 0.174. The summed E-state index contributed by atoms with van der Waals surface area (Å²) in [6.07, 6.45) is 17.7. The summed E-state index contributed by atoms with van der Waals surface area (Å²) in [5.41, 5.74) is -2.53. The molecular weight excluding hydrogens is 372 g/mol. The van der Waals surface area contributed by atoms with Crippen molar-refractivity contribution in [1.82, 2.24) is 0 Å². The largest absolute Gasteiger partial charge is 0.394 e. The molecule has 29 heavy (non-hydrogen) atoms. The lowest BCUT2D eigenvalue weighted by molar-refractivity contribution is -0.182. The fraction of sp³-hybridized carbons (Fsp3) is 0.696. The Bertz CT molecular complexity index is 488. The SMILES string of the molecule is CC/C=C\C/C=C\C/C=C\CCCCCCCC(=O)C(O)([C@H](O)CO)[C@@H](O)CO. The first-order valence-electron chi connectivity index (χ1n) is 10.7.